The van der Waals surface area contributed by atoms with Gasteiger partial charge in [-0.1, -0.05) is 0 Å². The van der Waals surface area contributed by atoms with E-state index in [1.54, 1.807) is 11.8 Å². The van der Waals surface area contributed by atoms with E-state index in [1.807, 2.05) is 0 Å². The molecule has 124 valence electrons. The van der Waals surface area contributed by atoms with Crippen LogP contribution in [-0.4, -0.2) is 51.8 Å². The zero-order chi connectivity index (χ0) is 16.8. The summed E-state index contributed by atoms with van der Waals surface area (Å²) in [5, 5.41) is 0. The van der Waals surface area contributed by atoms with Gasteiger partial charge >= 0.3 is 6.18 Å². The van der Waals surface area contributed by atoms with Crippen LogP contribution in [0.15, 0.2) is 18.3 Å². The monoisotopic (exact) mass is 327 g/mol. The Hall–Kier alpha value is -2.12. The standard InChI is InChI=1S/C15H16F3N3O2/c1-9-13(22)20-6-2-3-11(20)8-21(9)14(23)10-4-5-12(19-7-10)15(16,17)18/h4-5,7,9,11H,2-3,6,8H2,1H3/t9-,11-/m1/s1. The maximum atomic E-state index is 12.5. The number of nitrogens with zero attached hydrogens (tertiary/aromatic N) is 3. The second kappa shape index (κ2) is 5.50. The van der Waals surface area contributed by atoms with Crippen molar-refractivity contribution >= 4 is 11.8 Å². The first kappa shape index (κ1) is 15.8. The highest BCUT2D eigenvalue weighted by atomic mass is 19.4. The number of halogens is 3. The Morgan fingerprint density at radius 2 is 2.09 bits per heavy atom. The van der Waals surface area contributed by atoms with E-state index in [0.717, 1.165) is 31.2 Å². The van der Waals surface area contributed by atoms with E-state index in [2.05, 4.69) is 4.98 Å². The smallest absolute Gasteiger partial charge is 0.336 e. The molecule has 2 atom stereocenters. The fourth-order valence-electron chi connectivity index (χ4n) is 3.19. The molecule has 2 aliphatic rings. The number of fused-ring (bicyclic) bond motifs is 1. The quantitative estimate of drug-likeness (QED) is 0.792. The summed E-state index contributed by atoms with van der Waals surface area (Å²) in [4.78, 5) is 31.4. The minimum Gasteiger partial charge on any atom is -0.336 e. The van der Waals surface area contributed by atoms with Crippen molar-refractivity contribution in [2.45, 2.75) is 38.0 Å². The van der Waals surface area contributed by atoms with Crippen LogP contribution >= 0.6 is 0 Å². The van der Waals surface area contributed by atoms with Crippen LogP contribution in [-0.2, 0) is 11.0 Å². The predicted molar refractivity (Wildman–Crippen MR) is 74.5 cm³/mol. The second-order valence-corrected chi connectivity index (χ2v) is 5.89. The minimum atomic E-state index is -4.54. The van der Waals surface area contributed by atoms with Gasteiger partial charge in [-0.05, 0) is 31.9 Å². The summed E-state index contributed by atoms with van der Waals surface area (Å²) < 4.78 is 37.6. The number of amides is 2. The number of alkyl halides is 3. The highest BCUT2D eigenvalue weighted by Crippen LogP contribution is 2.29. The van der Waals surface area contributed by atoms with Crippen LogP contribution in [0.2, 0.25) is 0 Å². The molecule has 2 amide bonds. The molecule has 1 aromatic heterocycles. The molecule has 0 unspecified atom stereocenters. The summed E-state index contributed by atoms with van der Waals surface area (Å²) in [5.41, 5.74) is -0.983. The zero-order valence-electron chi connectivity index (χ0n) is 12.5. The normalized spacial score (nSPS) is 24.8. The van der Waals surface area contributed by atoms with Gasteiger partial charge in [0.15, 0.2) is 0 Å². The van der Waals surface area contributed by atoms with Crippen molar-refractivity contribution in [1.82, 2.24) is 14.8 Å². The highest BCUT2D eigenvalue weighted by Gasteiger charge is 2.42. The van der Waals surface area contributed by atoms with Crippen molar-refractivity contribution in [1.29, 1.82) is 0 Å². The molecule has 3 heterocycles. The van der Waals surface area contributed by atoms with Crippen LogP contribution in [0, 0.1) is 0 Å². The lowest BCUT2D eigenvalue weighted by Gasteiger charge is -2.41. The van der Waals surface area contributed by atoms with Gasteiger partial charge in [-0.15, -0.1) is 0 Å². The molecule has 2 saturated heterocycles. The van der Waals surface area contributed by atoms with Gasteiger partial charge in [-0.3, -0.25) is 14.6 Å². The van der Waals surface area contributed by atoms with Gasteiger partial charge in [0.25, 0.3) is 5.91 Å². The molecule has 0 N–H and O–H groups in total. The van der Waals surface area contributed by atoms with E-state index in [1.165, 1.54) is 4.90 Å². The molecule has 0 bridgehead atoms. The molecular formula is C15H16F3N3O2. The topological polar surface area (TPSA) is 53.5 Å². The average Bonchev–Trinajstić information content (AvgIpc) is 2.98. The first-order valence-electron chi connectivity index (χ1n) is 7.43. The van der Waals surface area contributed by atoms with Crippen LogP contribution in [0.4, 0.5) is 13.2 Å². The van der Waals surface area contributed by atoms with Gasteiger partial charge in [0, 0.05) is 25.3 Å². The van der Waals surface area contributed by atoms with Gasteiger partial charge < -0.3 is 9.80 Å². The molecule has 0 saturated carbocycles. The van der Waals surface area contributed by atoms with Gasteiger partial charge in [0.1, 0.15) is 11.7 Å². The average molecular weight is 327 g/mol. The van der Waals surface area contributed by atoms with E-state index >= 15 is 0 Å². The third-order valence-corrected chi connectivity index (χ3v) is 4.45. The Morgan fingerprint density at radius 3 is 2.70 bits per heavy atom. The van der Waals surface area contributed by atoms with E-state index in [4.69, 9.17) is 0 Å². The summed E-state index contributed by atoms with van der Waals surface area (Å²) >= 11 is 0. The molecule has 3 rings (SSSR count). The van der Waals surface area contributed by atoms with Gasteiger partial charge in [0.2, 0.25) is 5.91 Å². The number of rotatable bonds is 1. The Morgan fingerprint density at radius 1 is 1.35 bits per heavy atom. The maximum Gasteiger partial charge on any atom is 0.433 e. The molecule has 2 fully saturated rings. The Bertz CT molecular complexity index is 630. The minimum absolute atomic E-state index is 0.00468. The molecule has 0 spiro atoms. The number of piperazine rings is 1. The van der Waals surface area contributed by atoms with Crippen molar-refractivity contribution in [3.05, 3.63) is 29.6 Å². The van der Waals surface area contributed by atoms with Crippen molar-refractivity contribution in [3.8, 4) is 0 Å². The molecule has 0 aliphatic carbocycles. The maximum absolute atomic E-state index is 12.5. The summed E-state index contributed by atoms with van der Waals surface area (Å²) in [7, 11) is 0. The van der Waals surface area contributed by atoms with Crippen molar-refractivity contribution in [3.63, 3.8) is 0 Å². The molecule has 0 radical (unpaired) electrons. The molecule has 0 aromatic carbocycles. The largest absolute Gasteiger partial charge is 0.433 e. The number of hydrogen-bond donors (Lipinski definition) is 0. The van der Waals surface area contributed by atoms with Gasteiger partial charge in [-0.2, -0.15) is 13.2 Å². The van der Waals surface area contributed by atoms with Crippen LogP contribution in [0.1, 0.15) is 35.8 Å². The van der Waals surface area contributed by atoms with Crippen LogP contribution in [0.3, 0.4) is 0 Å². The van der Waals surface area contributed by atoms with Crippen LogP contribution < -0.4 is 0 Å². The molecule has 2 aliphatic heterocycles. The van der Waals surface area contributed by atoms with Crippen molar-refractivity contribution in [2.24, 2.45) is 0 Å². The molecular weight excluding hydrogens is 311 g/mol. The Balaban J connectivity index is 1.81. The van der Waals surface area contributed by atoms with Gasteiger partial charge in [0.05, 0.1) is 5.56 Å². The fraction of sp³-hybridized carbons (Fsp3) is 0.533. The SMILES string of the molecule is C[C@@H]1C(=O)N2CCC[C@@H]2CN1C(=O)c1ccc(C(F)(F)F)nc1. The fourth-order valence-corrected chi connectivity index (χ4v) is 3.19. The number of pyridine rings is 1. The highest BCUT2D eigenvalue weighted by molar-refractivity contribution is 5.98. The van der Waals surface area contributed by atoms with Crippen LogP contribution in [0.25, 0.3) is 0 Å². The number of carbonyl (C=O) groups is 2. The first-order valence-corrected chi connectivity index (χ1v) is 7.43. The second-order valence-electron chi connectivity index (χ2n) is 5.89. The third-order valence-electron chi connectivity index (χ3n) is 4.45. The zero-order valence-corrected chi connectivity index (χ0v) is 12.5. The predicted octanol–water partition coefficient (Wildman–Crippen LogP) is 1.94. The van der Waals surface area contributed by atoms with Gasteiger partial charge in [-0.25, -0.2) is 0 Å². The third kappa shape index (κ3) is 2.77. The summed E-state index contributed by atoms with van der Waals surface area (Å²) in [6.45, 7) is 2.76. The number of hydrogen-bond acceptors (Lipinski definition) is 3. The van der Waals surface area contributed by atoms with Crippen molar-refractivity contribution < 1.29 is 22.8 Å². The molecule has 23 heavy (non-hydrogen) atoms. The van der Waals surface area contributed by atoms with E-state index in [9.17, 15) is 22.8 Å². The molecule has 1 aromatic rings. The van der Waals surface area contributed by atoms with E-state index < -0.39 is 23.8 Å². The lowest BCUT2D eigenvalue weighted by Crippen LogP contribution is -2.60. The molecule has 8 heteroatoms. The summed E-state index contributed by atoms with van der Waals surface area (Å²) in [6, 6.07) is 1.28. The van der Waals surface area contributed by atoms with Crippen LogP contribution in [0.5, 0.6) is 0 Å². The van der Waals surface area contributed by atoms with E-state index in [0.29, 0.717) is 13.1 Å². The number of carbonyl (C=O) groups excluding carboxylic acids is 2. The molecule has 5 nitrogen and oxygen atoms in total. The van der Waals surface area contributed by atoms with E-state index in [-0.39, 0.29) is 17.5 Å². The lowest BCUT2D eigenvalue weighted by molar-refractivity contribution is -0.141. The lowest BCUT2D eigenvalue weighted by atomic mass is 10.1. The van der Waals surface area contributed by atoms with Crippen molar-refractivity contribution in [2.75, 3.05) is 13.1 Å². The summed E-state index contributed by atoms with van der Waals surface area (Å²) in [5.74, 6) is -0.564. The Labute approximate surface area is 131 Å². The first-order chi connectivity index (χ1) is 10.8. The number of aromatic nitrogens is 1. The summed E-state index contributed by atoms with van der Waals surface area (Å²) in [6.07, 6.45) is -1.87. The Kier molecular flexibility index (Phi) is 3.77.